The summed E-state index contributed by atoms with van der Waals surface area (Å²) in [7, 11) is 2.00. The molecule has 1 saturated heterocycles. The van der Waals surface area contributed by atoms with Gasteiger partial charge in [-0.1, -0.05) is 6.07 Å². The van der Waals surface area contributed by atoms with Gasteiger partial charge in [-0.05, 0) is 44.6 Å². The van der Waals surface area contributed by atoms with Gasteiger partial charge in [-0.15, -0.1) is 0 Å². The van der Waals surface area contributed by atoms with Crippen molar-refractivity contribution < 1.29 is 13.9 Å². The molecule has 1 aliphatic rings. The SMILES string of the molecule is CN1CCC[C@H](OC(=O)c2cccc(F)c2)C1. The Morgan fingerprint density at radius 3 is 3.06 bits per heavy atom. The molecule has 17 heavy (non-hydrogen) atoms. The molecular weight excluding hydrogens is 221 g/mol. The molecule has 0 saturated carbocycles. The lowest BCUT2D eigenvalue weighted by Gasteiger charge is -2.29. The van der Waals surface area contributed by atoms with Crippen LogP contribution in [0.2, 0.25) is 0 Å². The van der Waals surface area contributed by atoms with E-state index in [0.717, 1.165) is 25.9 Å². The van der Waals surface area contributed by atoms with E-state index in [9.17, 15) is 9.18 Å². The number of likely N-dealkylation sites (N-methyl/N-ethyl adjacent to an activating group) is 1. The number of piperidine rings is 1. The fourth-order valence-electron chi connectivity index (χ4n) is 2.05. The van der Waals surface area contributed by atoms with Crippen LogP contribution in [-0.2, 0) is 4.74 Å². The lowest BCUT2D eigenvalue weighted by molar-refractivity contribution is 0.0108. The van der Waals surface area contributed by atoms with Crippen molar-refractivity contribution in [2.45, 2.75) is 18.9 Å². The van der Waals surface area contributed by atoms with E-state index >= 15 is 0 Å². The molecule has 0 bridgehead atoms. The molecule has 3 nitrogen and oxygen atoms in total. The summed E-state index contributed by atoms with van der Waals surface area (Å²) in [6.45, 7) is 1.79. The maximum Gasteiger partial charge on any atom is 0.338 e. The van der Waals surface area contributed by atoms with Crippen molar-refractivity contribution in [3.05, 3.63) is 35.6 Å². The van der Waals surface area contributed by atoms with E-state index in [2.05, 4.69) is 4.90 Å². The fourth-order valence-corrected chi connectivity index (χ4v) is 2.05. The van der Waals surface area contributed by atoms with Gasteiger partial charge in [0.05, 0.1) is 5.56 Å². The van der Waals surface area contributed by atoms with Gasteiger partial charge < -0.3 is 9.64 Å². The Labute approximate surface area is 100 Å². The fraction of sp³-hybridized carbons (Fsp3) is 0.462. The van der Waals surface area contributed by atoms with E-state index in [1.165, 1.54) is 18.2 Å². The van der Waals surface area contributed by atoms with Crippen LogP contribution in [0.4, 0.5) is 4.39 Å². The third kappa shape index (κ3) is 3.27. The predicted molar refractivity (Wildman–Crippen MR) is 62.3 cm³/mol. The third-order valence-electron chi connectivity index (χ3n) is 2.92. The first-order valence-electron chi connectivity index (χ1n) is 5.80. The zero-order chi connectivity index (χ0) is 12.3. The van der Waals surface area contributed by atoms with Crippen LogP contribution in [0.5, 0.6) is 0 Å². The van der Waals surface area contributed by atoms with Gasteiger partial charge in [0, 0.05) is 6.54 Å². The highest BCUT2D eigenvalue weighted by atomic mass is 19.1. The van der Waals surface area contributed by atoms with E-state index in [1.54, 1.807) is 6.07 Å². The second-order valence-electron chi connectivity index (χ2n) is 4.44. The van der Waals surface area contributed by atoms with Crippen LogP contribution >= 0.6 is 0 Å². The van der Waals surface area contributed by atoms with Crippen LogP contribution in [0.25, 0.3) is 0 Å². The number of rotatable bonds is 2. The Morgan fingerprint density at radius 2 is 2.35 bits per heavy atom. The number of hydrogen-bond donors (Lipinski definition) is 0. The molecule has 1 fully saturated rings. The van der Waals surface area contributed by atoms with E-state index in [4.69, 9.17) is 4.74 Å². The average Bonchev–Trinajstić information content (AvgIpc) is 2.29. The molecular formula is C13H16FNO2. The molecule has 0 aromatic heterocycles. The molecule has 2 rings (SSSR count). The Bertz CT molecular complexity index is 408. The molecule has 1 aliphatic heterocycles. The van der Waals surface area contributed by atoms with Crippen LogP contribution in [-0.4, -0.2) is 37.1 Å². The Kier molecular flexibility index (Phi) is 3.74. The molecule has 0 N–H and O–H groups in total. The van der Waals surface area contributed by atoms with Gasteiger partial charge in [-0.2, -0.15) is 0 Å². The van der Waals surface area contributed by atoms with Gasteiger partial charge in [0.25, 0.3) is 0 Å². The number of carbonyl (C=O) groups excluding carboxylic acids is 1. The molecule has 0 aliphatic carbocycles. The smallest absolute Gasteiger partial charge is 0.338 e. The molecule has 4 heteroatoms. The van der Waals surface area contributed by atoms with Crippen LogP contribution in [0, 0.1) is 5.82 Å². The van der Waals surface area contributed by atoms with Crippen molar-refractivity contribution in [2.24, 2.45) is 0 Å². The van der Waals surface area contributed by atoms with E-state index in [0.29, 0.717) is 0 Å². The summed E-state index contributed by atoms with van der Waals surface area (Å²) in [5.74, 6) is -0.856. The standard InChI is InChI=1S/C13H16FNO2/c1-15-7-3-6-12(9-15)17-13(16)10-4-2-5-11(14)8-10/h2,4-5,8,12H,3,6-7,9H2,1H3/t12-/m0/s1. The monoisotopic (exact) mass is 237 g/mol. The first-order valence-corrected chi connectivity index (χ1v) is 5.80. The summed E-state index contributed by atoms with van der Waals surface area (Å²) < 4.78 is 18.3. The summed E-state index contributed by atoms with van der Waals surface area (Å²) in [6, 6.07) is 5.59. The van der Waals surface area contributed by atoms with Crippen molar-refractivity contribution in [3.8, 4) is 0 Å². The van der Waals surface area contributed by atoms with Crippen LogP contribution in [0.3, 0.4) is 0 Å². The molecule has 1 heterocycles. The van der Waals surface area contributed by atoms with E-state index < -0.39 is 11.8 Å². The first kappa shape index (κ1) is 12.0. The molecule has 1 aromatic rings. The maximum absolute atomic E-state index is 13.0. The lowest BCUT2D eigenvalue weighted by Crippen LogP contribution is -2.38. The highest BCUT2D eigenvalue weighted by Crippen LogP contribution is 2.14. The molecule has 0 unspecified atom stereocenters. The van der Waals surface area contributed by atoms with Crippen LogP contribution in [0.15, 0.2) is 24.3 Å². The largest absolute Gasteiger partial charge is 0.457 e. The summed E-state index contributed by atoms with van der Waals surface area (Å²) in [4.78, 5) is 13.9. The predicted octanol–water partition coefficient (Wildman–Crippen LogP) is 2.08. The first-order chi connectivity index (χ1) is 8.15. The Balaban J connectivity index is 1.97. The van der Waals surface area contributed by atoms with Gasteiger partial charge in [0.1, 0.15) is 11.9 Å². The van der Waals surface area contributed by atoms with E-state index in [-0.39, 0.29) is 11.7 Å². The lowest BCUT2D eigenvalue weighted by atomic mass is 10.1. The molecule has 0 radical (unpaired) electrons. The second-order valence-corrected chi connectivity index (χ2v) is 4.44. The molecule has 0 spiro atoms. The third-order valence-corrected chi connectivity index (χ3v) is 2.92. The van der Waals surface area contributed by atoms with Crippen molar-refractivity contribution >= 4 is 5.97 Å². The second kappa shape index (κ2) is 5.27. The molecule has 92 valence electrons. The van der Waals surface area contributed by atoms with Gasteiger partial charge in [-0.3, -0.25) is 0 Å². The quantitative estimate of drug-likeness (QED) is 0.737. The molecule has 1 atom stereocenters. The minimum Gasteiger partial charge on any atom is -0.457 e. The summed E-state index contributed by atoms with van der Waals surface area (Å²) in [5.41, 5.74) is 0.276. The number of ether oxygens (including phenoxy) is 1. The van der Waals surface area contributed by atoms with Crippen molar-refractivity contribution in [2.75, 3.05) is 20.1 Å². The minimum atomic E-state index is -0.440. The number of esters is 1. The number of halogens is 1. The van der Waals surface area contributed by atoms with Crippen molar-refractivity contribution in [1.29, 1.82) is 0 Å². The Morgan fingerprint density at radius 1 is 1.53 bits per heavy atom. The molecule has 1 aromatic carbocycles. The Hall–Kier alpha value is -1.42. The molecule has 0 amide bonds. The number of hydrogen-bond acceptors (Lipinski definition) is 3. The van der Waals surface area contributed by atoms with Gasteiger partial charge in [0.15, 0.2) is 0 Å². The summed E-state index contributed by atoms with van der Waals surface area (Å²) >= 11 is 0. The number of carbonyl (C=O) groups is 1. The van der Waals surface area contributed by atoms with Crippen LogP contribution < -0.4 is 0 Å². The van der Waals surface area contributed by atoms with Gasteiger partial charge >= 0.3 is 5.97 Å². The number of benzene rings is 1. The van der Waals surface area contributed by atoms with Crippen molar-refractivity contribution in [1.82, 2.24) is 4.90 Å². The normalized spacial score (nSPS) is 21.2. The summed E-state index contributed by atoms with van der Waals surface area (Å²) in [5, 5.41) is 0. The highest BCUT2D eigenvalue weighted by molar-refractivity contribution is 5.89. The van der Waals surface area contributed by atoms with Crippen LogP contribution in [0.1, 0.15) is 23.2 Å². The highest BCUT2D eigenvalue weighted by Gasteiger charge is 2.21. The number of likely N-dealkylation sites (tertiary alicyclic amines) is 1. The zero-order valence-corrected chi connectivity index (χ0v) is 9.86. The zero-order valence-electron chi connectivity index (χ0n) is 9.86. The summed E-state index contributed by atoms with van der Waals surface area (Å²) in [6.07, 6.45) is 1.83. The van der Waals surface area contributed by atoms with Gasteiger partial charge in [0.2, 0.25) is 0 Å². The number of nitrogens with zero attached hydrogens (tertiary/aromatic N) is 1. The van der Waals surface area contributed by atoms with E-state index in [1.807, 2.05) is 7.05 Å². The van der Waals surface area contributed by atoms with Crippen molar-refractivity contribution in [3.63, 3.8) is 0 Å². The topological polar surface area (TPSA) is 29.5 Å². The minimum absolute atomic E-state index is 0.0792. The average molecular weight is 237 g/mol. The maximum atomic E-state index is 13.0. The van der Waals surface area contributed by atoms with Gasteiger partial charge in [-0.25, -0.2) is 9.18 Å².